The van der Waals surface area contributed by atoms with Crippen LogP contribution in [0.3, 0.4) is 0 Å². The zero-order valence-corrected chi connectivity index (χ0v) is 19.4. The van der Waals surface area contributed by atoms with Gasteiger partial charge in [-0.05, 0) is 59.7 Å². The lowest BCUT2D eigenvalue weighted by atomic mass is 9.98. The molecule has 0 saturated carbocycles. The fourth-order valence-corrected chi connectivity index (χ4v) is 4.93. The lowest BCUT2D eigenvalue weighted by Crippen LogP contribution is -2.22. The fourth-order valence-electron chi connectivity index (χ4n) is 4.01. The number of benzene rings is 3. The monoisotopic (exact) mass is 451 g/mol. The van der Waals surface area contributed by atoms with Crippen LogP contribution in [0, 0.1) is 13.8 Å². The highest BCUT2D eigenvalue weighted by molar-refractivity contribution is 7.12. The first-order valence-electron chi connectivity index (χ1n) is 11.0. The number of hydrogen-bond donors (Lipinski definition) is 1. The maximum Gasteiger partial charge on any atom is 0.180 e. The van der Waals surface area contributed by atoms with Gasteiger partial charge in [-0.25, -0.2) is 4.68 Å². The predicted octanol–water partition coefficient (Wildman–Crippen LogP) is 6.19. The lowest BCUT2D eigenvalue weighted by molar-refractivity contribution is 0.541. The van der Waals surface area contributed by atoms with Crippen LogP contribution in [0.1, 0.15) is 44.4 Å². The molecule has 3 aromatic carbocycles. The van der Waals surface area contributed by atoms with E-state index in [1.165, 1.54) is 15.3 Å². The van der Waals surface area contributed by atoms with E-state index >= 15 is 0 Å². The summed E-state index contributed by atoms with van der Waals surface area (Å²) in [5.74, 6) is 0.773. The number of tetrazole rings is 1. The van der Waals surface area contributed by atoms with Crippen LogP contribution in [-0.2, 0) is 0 Å². The summed E-state index contributed by atoms with van der Waals surface area (Å²) in [6.45, 7) is 4.21. The summed E-state index contributed by atoms with van der Waals surface area (Å²) in [5, 5.41) is 16.8. The second-order valence-corrected chi connectivity index (χ2v) is 9.42. The number of nitrogens with one attached hydrogen (secondary N) is 1. The van der Waals surface area contributed by atoms with Crippen molar-refractivity contribution in [3.63, 3.8) is 0 Å². The van der Waals surface area contributed by atoms with Crippen LogP contribution in [0.15, 0.2) is 97.1 Å². The lowest BCUT2D eigenvalue weighted by Gasteiger charge is -2.23. The van der Waals surface area contributed by atoms with Gasteiger partial charge in [-0.3, -0.25) is 0 Å². The first-order chi connectivity index (χ1) is 16.2. The third kappa shape index (κ3) is 4.56. The topological polar surface area (TPSA) is 55.6 Å². The molecule has 0 amide bonds. The minimum absolute atomic E-state index is 0.138. The third-order valence-electron chi connectivity index (χ3n) is 5.66. The number of nitrogens with zero attached hydrogens (tertiary/aromatic N) is 4. The molecule has 2 heterocycles. The predicted molar refractivity (Wildman–Crippen MR) is 134 cm³/mol. The van der Waals surface area contributed by atoms with Gasteiger partial charge in [0.25, 0.3) is 0 Å². The van der Waals surface area contributed by atoms with Gasteiger partial charge < -0.3 is 5.32 Å². The Balaban J connectivity index is 1.63. The van der Waals surface area contributed by atoms with Crippen LogP contribution >= 0.6 is 11.3 Å². The van der Waals surface area contributed by atoms with Crippen LogP contribution < -0.4 is 5.32 Å². The smallest absolute Gasteiger partial charge is 0.180 e. The van der Waals surface area contributed by atoms with E-state index in [4.69, 9.17) is 0 Å². The summed E-state index contributed by atoms with van der Waals surface area (Å²) < 4.78 is 1.95. The molecule has 6 heteroatoms. The third-order valence-corrected chi connectivity index (χ3v) is 6.73. The van der Waals surface area contributed by atoms with Crippen LogP contribution in [0.4, 0.5) is 5.69 Å². The van der Waals surface area contributed by atoms with E-state index in [-0.39, 0.29) is 12.1 Å². The van der Waals surface area contributed by atoms with Gasteiger partial charge in [-0.2, -0.15) is 0 Å². The maximum absolute atomic E-state index is 4.53. The second kappa shape index (κ2) is 9.38. The zero-order valence-electron chi connectivity index (χ0n) is 18.6. The summed E-state index contributed by atoms with van der Waals surface area (Å²) in [5.41, 5.74) is 4.52. The van der Waals surface area contributed by atoms with Crippen molar-refractivity contribution in [1.82, 2.24) is 20.2 Å². The van der Waals surface area contributed by atoms with Gasteiger partial charge in [-0.1, -0.05) is 78.4 Å². The number of anilines is 1. The number of hydrogen-bond acceptors (Lipinski definition) is 5. The van der Waals surface area contributed by atoms with Crippen molar-refractivity contribution in [2.75, 3.05) is 5.32 Å². The van der Waals surface area contributed by atoms with E-state index in [1.807, 2.05) is 16.8 Å². The van der Waals surface area contributed by atoms with E-state index in [0.717, 1.165) is 22.6 Å². The normalized spacial score (nSPS) is 12.1. The van der Waals surface area contributed by atoms with Gasteiger partial charge in [-0.15, -0.1) is 16.4 Å². The van der Waals surface area contributed by atoms with Crippen molar-refractivity contribution in [2.24, 2.45) is 0 Å². The SMILES string of the molecule is Cc1ccc(N[C@@H](c2ccc(C)s2)c2nnnn2C(c2ccccc2)c2ccccc2)cc1. The molecule has 1 atom stereocenters. The zero-order chi connectivity index (χ0) is 22.6. The molecule has 2 aromatic heterocycles. The van der Waals surface area contributed by atoms with E-state index in [2.05, 4.69) is 120 Å². The van der Waals surface area contributed by atoms with Crippen molar-refractivity contribution in [3.05, 3.63) is 129 Å². The molecular formula is C27H25N5S. The molecular weight excluding hydrogens is 426 g/mol. The summed E-state index contributed by atoms with van der Waals surface area (Å²) in [7, 11) is 0. The average molecular weight is 452 g/mol. The van der Waals surface area contributed by atoms with Crippen molar-refractivity contribution in [1.29, 1.82) is 0 Å². The first kappa shape index (κ1) is 21.1. The standard InChI is InChI=1S/C27H25N5S/c1-19-13-16-23(17-14-19)28-25(24-18-15-20(2)33-24)27-29-30-31-32(27)26(21-9-5-3-6-10-21)22-11-7-4-8-12-22/h3-18,25-26,28H,1-2H3/t25-/m0/s1. The number of aromatic nitrogens is 4. The van der Waals surface area contributed by atoms with Gasteiger partial charge in [0, 0.05) is 15.4 Å². The minimum atomic E-state index is -0.184. The quantitative estimate of drug-likeness (QED) is 0.320. The molecule has 0 aliphatic rings. The Labute approximate surface area is 197 Å². The number of rotatable bonds is 7. The second-order valence-electron chi connectivity index (χ2n) is 8.10. The molecule has 5 rings (SSSR count). The van der Waals surface area contributed by atoms with Crippen LogP contribution in [0.5, 0.6) is 0 Å². The van der Waals surface area contributed by atoms with Crippen LogP contribution in [0.2, 0.25) is 0 Å². The van der Waals surface area contributed by atoms with Crippen LogP contribution in [0.25, 0.3) is 0 Å². The first-order valence-corrected chi connectivity index (χ1v) is 11.8. The number of aryl methyl sites for hydroxylation is 2. The molecule has 0 aliphatic heterocycles. The Hall–Kier alpha value is -3.77. The van der Waals surface area contributed by atoms with E-state index in [0.29, 0.717) is 0 Å². The molecule has 5 aromatic rings. The summed E-state index contributed by atoms with van der Waals surface area (Å²) >= 11 is 1.76. The Morgan fingerprint density at radius 1 is 0.758 bits per heavy atom. The van der Waals surface area contributed by atoms with E-state index in [9.17, 15) is 0 Å². The number of thiophene rings is 1. The molecule has 0 spiro atoms. The molecule has 164 valence electrons. The van der Waals surface area contributed by atoms with Crippen molar-refractivity contribution < 1.29 is 0 Å². The molecule has 0 fully saturated rings. The summed E-state index contributed by atoms with van der Waals surface area (Å²) in [4.78, 5) is 2.42. The Morgan fingerprint density at radius 3 is 1.97 bits per heavy atom. The van der Waals surface area contributed by atoms with Gasteiger partial charge in [0.2, 0.25) is 0 Å². The Kier molecular flexibility index (Phi) is 6.00. The summed E-state index contributed by atoms with van der Waals surface area (Å²) in [6, 6.07) is 33.2. The molecule has 33 heavy (non-hydrogen) atoms. The van der Waals surface area contributed by atoms with Crippen LogP contribution in [-0.4, -0.2) is 20.2 Å². The highest BCUT2D eigenvalue weighted by Gasteiger charge is 2.28. The molecule has 0 radical (unpaired) electrons. The Morgan fingerprint density at radius 2 is 1.39 bits per heavy atom. The van der Waals surface area contributed by atoms with Crippen molar-refractivity contribution in [3.8, 4) is 0 Å². The molecule has 5 nitrogen and oxygen atoms in total. The van der Waals surface area contributed by atoms with E-state index < -0.39 is 0 Å². The fraction of sp³-hybridized carbons (Fsp3) is 0.148. The van der Waals surface area contributed by atoms with Gasteiger partial charge in [0.05, 0.1) is 0 Å². The van der Waals surface area contributed by atoms with E-state index in [1.54, 1.807) is 11.3 Å². The average Bonchev–Trinajstić information content (AvgIpc) is 3.50. The van der Waals surface area contributed by atoms with Crippen molar-refractivity contribution in [2.45, 2.75) is 25.9 Å². The minimum Gasteiger partial charge on any atom is -0.371 e. The highest BCUT2D eigenvalue weighted by Crippen LogP contribution is 2.34. The van der Waals surface area contributed by atoms with Gasteiger partial charge >= 0.3 is 0 Å². The largest absolute Gasteiger partial charge is 0.371 e. The maximum atomic E-state index is 4.53. The van der Waals surface area contributed by atoms with Gasteiger partial charge in [0.15, 0.2) is 5.82 Å². The molecule has 1 N–H and O–H groups in total. The van der Waals surface area contributed by atoms with Crippen molar-refractivity contribution >= 4 is 17.0 Å². The summed E-state index contributed by atoms with van der Waals surface area (Å²) in [6.07, 6.45) is 0. The molecule has 0 bridgehead atoms. The molecule has 0 aliphatic carbocycles. The molecule has 0 saturated heterocycles. The molecule has 0 unspecified atom stereocenters. The Bertz CT molecular complexity index is 1270. The van der Waals surface area contributed by atoms with Gasteiger partial charge in [0.1, 0.15) is 12.1 Å². The highest BCUT2D eigenvalue weighted by atomic mass is 32.1.